The number of ether oxygens (including phenoxy) is 1. The third kappa shape index (κ3) is 3.32. The van der Waals surface area contributed by atoms with Gasteiger partial charge in [-0.1, -0.05) is 13.0 Å². The number of hydrogen-bond acceptors (Lipinski definition) is 3. The fourth-order valence-electron chi connectivity index (χ4n) is 2.64. The molecule has 0 radical (unpaired) electrons. The summed E-state index contributed by atoms with van der Waals surface area (Å²) in [5, 5.41) is 0. The lowest BCUT2D eigenvalue weighted by atomic mass is 9.99. The molecule has 1 aromatic rings. The van der Waals surface area contributed by atoms with Gasteiger partial charge in [0.15, 0.2) is 0 Å². The quantitative estimate of drug-likeness (QED) is 0.632. The minimum atomic E-state index is -0.305. The van der Waals surface area contributed by atoms with Gasteiger partial charge in [0.25, 0.3) is 0 Å². The number of carbonyl (C=O) groups is 2. The number of carbonyl (C=O) groups excluding carboxylic acids is 2. The SMILES string of the molecule is CCOC(=O)/C=C(/CC)c1ccc2c(c1)CCN2C(C)=O. The van der Waals surface area contributed by atoms with Crippen molar-refractivity contribution in [2.45, 2.75) is 33.6 Å². The highest BCUT2D eigenvalue weighted by molar-refractivity contribution is 5.95. The van der Waals surface area contributed by atoms with E-state index in [1.165, 1.54) is 0 Å². The Morgan fingerprint density at radius 2 is 2.10 bits per heavy atom. The highest BCUT2D eigenvalue weighted by Crippen LogP contribution is 2.31. The van der Waals surface area contributed by atoms with Gasteiger partial charge in [-0.25, -0.2) is 4.79 Å². The molecule has 2 rings (SSSR count). The minimum absolute atomic E-state index is 0.0688. The van der Waals surface area contributed by atoms with Crippen LogP contribution in [-0.4, -0.2) is 25.0 Å². The summed E-state index contributed by atoms with van der Waals surface area (Å²) in [7, 11) is 0. The van der Waals surface area contributed by atoms with Crippen molar-refractivity contribution in [1.82, 2.24) is 0 Å². The molecule has 4 heteroatoms. The van der Waals surface area contributed by atoms with Gasteiger partial charge in [0.2, 0.25) is 5.91 Å². The number of fused-ring (bicyclic) bond motifs is 1. The van der Waals surface area contributed by atoms with Crippen LogP contribution in [0.1, 0.15) is 38.3 Å². The topological polar surface area (TPSA) is 46.6 Å². The monoisotopic (exact) mass is 287 g/mol. The Morgan fingerprint density at radius 3 is 2.71 bits per heavy atom. The fourth-order valence-corrected chi connectivity index (χ4v) is 2.64. The molecule has 0 bridgehead atoms. The minimum Gasteiger partial charge on any atom is -0.463 e. The molecule has 0 spiro atoms. The van der Waals surface area contributed by atoms with E-state index in [9.17, 15) is 9.59 Å². The first kappa shape index (κ1) is 15.3. The molecule has 1 aliphatic heterocycles. The van der Waals surface area contributed by atoms with E-state index in [1.807, 2.05) is 19.1 Å². The third-order valence-electron chi connectivity index (χ3n) is 3.69. The average molecular weight is 287 g/mol. The van der Waals surface area contributed by atoms with Gasteiger partial charge in [-0.05, 0) is 48.6 Å². The van der Waals surface area contributed by atoms with Crippen LogP contribution in [0, 0.1) is 0 Å². The summed E-state index contributed by atoms with van der Waals surface area (Å²) in [4.78, 5) is 25.0. The molecule has 0 aliphatic carbocycles. The van der Waals surface area contributed by atoms with Gasteiger partial charge in [-0.15, -0.1) is 0 Å². The lowest BCUT2D eigenvalue weighted by molar-refractivity contribution is -0.137. The summed E-state index contributed by atoms with van der Waals surface area (Å²) in [6.07, 6.45) is 3.18. The Kier molecular flexibility index (Phi) is 4.78. The highest BCUT2D eigenvalue weighted by Gasteiger charge is 2.22. The van der Waals surface area contributed by atoms with Crippen molar-refractivity contribution in [3.63, 3.8) is 0 Å². The summed E-state index contributed by atoms with van der Waals surface area (Å²) in [5.41, 5.74) is 4.12. The first-order chi connectivity index (χ1) is 10.1. The van der Waals surface area contributed by atoms with E-state index in [2.05, 4.69) is 6.07 Å². The molecule has 0 fully saturated rings. The van der Waals surface area contributed by atoms with Crippen molar-refractivity contribution in [3.8, 4) is 0 Å². The smallest absolute Gasteiger partial charge is 0.331 e. The van der Waals surface area contributed by atoms with Gasteiger partial charge in [0, 0.05) is 25.2 Å². The van der Waals surface area contributed by atoms with Crippen molar-refractivity contribution in [2.75, 3.05) is 18.1 Å². The molecule has 1 heterocycles. The van der Waals surface area contributed by atoms with Crippen LogP contribution in [0.4, 0.5) is 5.69 Å². The number of hydrogen-bond donors (Lipinski definition) is 0. The lowest BCUT2D eigenvalue weighted by Gasteiger charge is -2.15. The van der Waals surface area contributed by atoms with E-state index >= 15 is 0 Å². The van der Waals surface area contributed by atoms with Crippen LogP contribution < -0.4 is 4.90 Å². The van der Waals surface area contributed by atoms with Crippen LogP contribution in [-0.2, 0) is 20.7 Å². The molecule has 0 saturated carbocycles. The third-order valence-corrected chi connectivity index (χ3v) is 3.69. The predicted octanol–water partition coefficient (Wildman–Crippen LogP) is 2.95. The zero-order chi connectivity index (χ0) is 15.4. The van der Waals surface area contributed by atoms with Gasteiger partial charge >= 0.3 is 5.97 Å². The normalized spacial score (nSPS) is 14.0. The average Bonchev–Trinajstić information content (AvgIpc) is 2.88. The van der Waals surface area contributed by atoms with Crippen LogP contribution in [0.15, 0.2) is 24.3 Å². The number of nitrogens with zero attached hydrogens (tertiary/aromatic N) is 1. The molecule has 112 valence electrons. The molecule has 0 unspecified atom stereocenters. The summed E-state index contributed by atoms with van der Waals surface area (Å²) >= 11 is 0. The fraction of sp³-hybridized carbons (Fsp3) is 0.412. The van der Waals surface area contributed by atoms with Crippen molar-refractivity contribution < 1.29 is 14.3 Å². The van der Waals surface area contributed by atoms with E-state index in [4.69, 9.17) is 4.74 Å². The van der Waals surface area contributed by atoms with Crippen LogP contribution in [0.2, 0.25) is 0 Å². The number of esters is 1. The molecular weight excluding hydrogens is 266 g/mol. The highest BCUT2D eigenvalue weighted by atomic mass is 16.5. The Hall–Kier alpha value is -2.10. The molecule has 21 heavy (non-hydrogen) atoms. The van der Waals surface area contributed by atoms with Gasteiger partial charge < -0.3 is 9.64 Å². The molecule has 0 saturated heterocycles. The maximum atomic E-state index is 11.6. The van der Waals surface area contributed by atoms with E-state index < -0.39 is 0 Å². The van der Waals surface area contributed by atoms with E-state index in [1.54, 1.807) is 24.8 Å². The lowest BCUT2D eigenvalue weighted by Crippen LogP contribution is -2.25. The van der Waals surface area contributed by atoms with Crippen LogP contribution in [0.5, 0.6) is 0 Å². The summed E-state index contributed by atoms with van der Waals surface area (Å²) in [5.74, 6) is -0.237. The van der Waals surface area contributed by atoms with E-state index in [-0.39, 0.29) is 11.9 Å². The molecular formula is C17H21NO3. The van der Waals surface area contributed by atoms with Crippen LogP contribution in [0.3, 0.4) is 0 Å². The summed E-state index contributed by atoms with van der Waals surface area (Å²) in [6.45, 7) is 6.51. The van der Waals surface area contributed by atoms with Gasteiger partial charge in [0.05, 0.1) is 6.61 Å². The number of allylic oxidation sites excluding steroid dienone is 1. The maximum absolute atomic E-state index is 11.6. The largest absolute Gasteiger partial charge is 0.463 e. The van der Waals surface area contributed by atoms with E-state index in [0.717, 1.165) is 41.8 Å². The zero-order valence-electron chi connectivity index (χ0n) is 12.8. The standard InChI is InChI=1S/C17H21NO3/c1-4-13(11-17(20)21-5-2)14-6-7-16-15(10-14)8-9-18(16)12(3)19/h6-7,10-11H,4-5,8-9H2,1-3H3/b13-11-. The second-order valence-corrected chi connectivity index (χ2v) is 5.04. The van der Waals surface area contributed by atoms with Crippen LogP contribution in [0.25, 0.3) is 5.57 Å². The van der Waals surface area contributed by atoms with Crippen molar-refractivity contribution in [2.24, 2.45) is 0 Å². The number of benzene rings is 1. The first-order valence-electron chi connectivity index (χ1n) is 7.35. The molecule has 0 aromatic heterocycles. The van der Waals surface area contributed by atoms with Crippen LogP contribution >= 0.6 is 0 Å². The van der Waals surface area contributed by atoms with Gasteiger partial charge in [-0.2, -0.15) is 0 Å². The number of anilines is 1. The zero-order valence-corrected chi connectivity index (χ0v) is 12.8. The first-order valence-corrected chi connectivity index (χ1v) is 7.35. The second-order valence-electron chi connectivity index (χ2n) is 5.04. The molecule has 4 nitrogen and oxygen atoms in total. The summed E-state index contributed by atoms with van der Waals surface area (Å²) in [6, 6.07) is 6.01. The molecule has 1 aliphatic rings. The Bertz CT molecular complexity index is 590. The Balaban J connectivity index is 2.29. The Labute approximate surface area is 125 Å². The van der Waals surface area contributed by atoms with Gasteiger partial charge in [0.1, 0.15) is 0 Å². The molecule has 0 N–H and O–H groups in total. The van der Waals surface area contributed by atoms with Crippen molar-refractivity contribution in [3.05, 3.63) is 35.4 Å². The Morgan fingerprint density at radius 1 is 1.33 bits per heavy atom. The molecule has 1 aromatic carbocycles. The van der Waals surface area contributed by atoms with Crippen molar-refractivity contribution in [1.29, 1.82) is 0 Å². The number of amides is 1. The van der Waals surface area contributed by atoms with Crippen molar-refractivity contribution >= 4 is 23.1 Å². The molecule has 1 amide bonds. The van der Waals surface area contributed by atoms with E-state index in [0.29, 0.717) is 6.61 Å². The number of rotatable bonds is 4. The molecule has 0 atom stereocenters. The second kappa shape index (κ2) is 6.57. The summed E-state index contributed by atoms with van der Waals surface area (Å²) < 4.78 is 4.97. The maximum Gasteiger partial charge on any atom is 0.331 e. The predicted molar refractivity (Wildman–Crippen MR) is 83.1 cm³/mol. The van der Waals surface area contributed by atoms with Gasteiger partial charge in [-0.3, -0.25) is 4.79 Å².